The molecule has 0 unspecified atom stereocenters. The lowest BCUT2D eigenvalue weighted by molar-refractivity contribution is -0.146. The van der Waals surface area contributed by atoms with Crippen molar-refractivity contribution in [3.05, 3.63) is 44.1 Å². The van der Waals surface area contributed by atoms with Crippen LogP contribution in [0, 0.1) is 14.3 Å². The minimum atomic E-state index is -0.932. The summed E-state index contributed by atoms with van der Waals surface area (Å²) in [5, 5.41) is 15.8. The van der Waals surface area contributed by atoms with Gasteiger partial charge >= 0.3 is 5.97 Å². The highest BCUT2D eigenvalue weighted by molar-refractivity contribution is 14.1. The van der Waals surface area contributed by atoms with E-state index in [4.69, 9.17) is 14.2 Å². The van der Waals surface area contributed by atoms with Gasteiger partial charge in [0.1, 0.15) is 30.8 Å². The second-order valence-corrected chi connectivity index (χ2v) is 12.8. The van der Waals surface area contributed by atoms with Crippen molar-refractivity contribution in [2.75, 3.05) is 46.5 Å². The quantitative estimate of drug-likeness (QED) is 0.243. The predicted octanol–water partition coefficient (Wildman–Crippen LogP) is 3.83. The molecule has 0 spiro atoms. The van der Waals surface area contributed by atoms with Crippen LogP contribution in [0.5, 0.6) is 17.2 Å². The van der Waals surface area contributed by atoms with Gasteiger partial charge in [-0.25, -0.2) is 4.79 Å². The number of benzene rings is 2. The average molecular weight is 1060 g/mol. The number of nitrogens with zero attached hydrogens (tertiary/aromatic N) is 1. The Hall–Kier alpha value is -0.230. The van der Waals surface area contributed by atoms with Crippen LogP contribution in [-0.4, -0.2) is 80.3 Å². The monoisotopic (exact) mass is 1050 g/mol. The number of carbonyl (C=O) groups is 3. The number of aromatic hydroxyl groups is 1. The highest BCUT2D eigenvalue weighted by Gasteiger charge is 2.24. The molecule has 0 aromatic heterocycles. The van der Waals surface area contributed by atoms with Crippen LogP contribution in [0.25, 0.3) is 0 Å². The van der Waals surface area contributed by atoms with Gasteiger partial charge in [-0.3, -0.25) is 9.59 Å². The standard InChI is InChI=1S/C24H25I4N3O7.BrH/c1-36-24(35)19(30-20(32)11-37-12-21(33)31-4-2-29-3-5-31)8-13-6-17(27)23(18(28)7-13)38-14-9-15(25)22(34)16(26)10-14;/h6-7,9-10,19,29,34H,2-5,8,11-12H2,1H3,(H,30,32);1H/t19-;/m0./s1. The van der Waals surface area contributed by atoms with E-state index in [1.807, 2.05) is 57.3 Å². The molecule has 1 atom stereocenters. The molecule has 2 amide bonds. The summed E-state index contributed by atoms with van der Waals surface area (Å²) < 4.78 is 19.3. The van der Waals surface area contributed by atoms with Gasteiger partial charge in [0.25, 0.3) is 0 Å². The molecule has 0 saturated carbocycles. The molecular formula is C24H26BrI4N3O7. The van der Waals surface area contributed by atoms with Crippen LogP contribution < -0.4 is 15.4 Å². The Balaban J connectivity index is 0.00000533. The smallest absolute Gasteiger partial charge is 0.328 e. The number of rotatable bonds is 10. The number of esters is 1. The number of phenols is 1. The van der Waals surface area contributed by atoms with Crippen molar-refractivity contribution in [2.24, 2.45) is 0 Å². The molecule has 0 radical (unpaired) electrons. The third kappa shape index (κ3) is 10.5. The van der Waals surface area contributed by atoms with E-state index in [2.05, 4.69) is 55.8 Å². The molecule has 214 valence electrons. The minimum Gasteiger partial charge on any atom is -0.506 e. The number of phenolic OH excluding ortho intramolecular Hbond substituents is 1. The van der Waals surface area contributed by atoms with Crippen LogP contribution >= 0.6 is 107 Å². The molecule has 1 aliphatic rings. The van der Waals surface area contributed by atoms with Gasteiger partial charge in [-0.05, 0) is 120 Å². The van der Waals surface area contributed by atoms with Gasteiger partial charge in [0.15, 0.2) is 5.75 Å². The zero-order valence-electron chi connectivity index (χ0n) is 20.6. The van der Waals surface area contributed by atoms with Crippen LogP contribution in [0.1, 0.15) is 5.56 Å². The Morgan fingerprint density at radius 3 is 2.15 bits per heavy atom. The van der Waals surface area contributed by atoms with Gasteiger partial charge in [-0.15, -0.1) is 17.0 Å². The van der Waals surface area contributed by atoms with E-state index >= 15 is 0 Å². The summed E-state index contributed by atoms with van der Waals surface area (Å²) in [6.45, 7) is 2.12. The summed E-state index contributed by atoms with van der Waals surface area (Å²) in [5.41, 5.74) is 0.798. The van der Waals surface area contributed by atoms with Crippen LogP contribution in [0.15, 0.2) is 24.3 Å². The average Bonchev–Trinajstić information content (AvgIpc) is 2.88. The Morgan fingerprint density at radius 1 is 1.00 bits per heavy atom. The van der Waals surface area contributed by atoms with E-state index in [0.29, 0.717) is 31.7 Å². The third-order valence-corrected chi connectivity index (χ3v) is 8.70. The fourth-order valence-electron chi connectivity index (χ4n) is 3.59. The number of hydrogen-bond acceptors (Lipinski definition) is 8. The number of nitrogens with one attached hydrogen (secondary N) is 2. The molecular weight excluding hydrogens is 1030 g/mol. The number of ether oxygens (including phenoxy) is 3. The molecule has 10 nitrogen and oxygen atoms in total. The molecule has 2 aromatic rings. The fraction of sp³-hybridized carbons (Fsp3) is 0.375. The summed E-state index contributed by atoms with van der Waals surface area (Å²) in [4.78, 5) is 38.8. The Kier molecular flexibility index (Phi) is 15.3. The van der Waals surface area contributed by atoms with Crippen molar-refractivity contribution in [2.45, 2.75) is 12.5 Å². The summed E-state index contributed by atoms with van der Waals surface area (Å²) in [5.74, 6) is 0.171. The summed E-state index contributed by atoms with van der Waals surface area (Å²) in [6, 6.07) is 6.32. The highest BCUT2D eigenvalue weighted by Crippen LogP contribution is 2.37. The molecule has 2 aromatic carbocycles. The van der Waals surface area contributed by atoms with E-state index in [0.717, 1.165) is 25.8 Å². The molecule has 1 fully saturated rings. The molecule has 0 bridgehead atoms. The number of carbonyl (C=O) groups excluding carboxylic acids is 3. The maximum Gasteiger partial charge on any atom is 0.328 e. The second-order valence-electron chi connectivity index (χ2n) is 8.20. The molecule has 1 aliphatic heterocycles. The first-order valence-electron chi connectivity index (χ1n) is 11.4. The van der Waals surface area contributed by atoms with E-state index in [-0.39, 0.29) is 48.3 Å². The van der Waals surface area contributed by atoms with E-state index in [9.17, 15) is 19.5 Å². The topological polar surface area (TPSA) is 126 Å². The van der Waals surface area contributed by atoms with Crippen molar-refractivity contribution in [3.63, 3.8) is 0 Å². The first-order valence-corrected chi connectivity index (χ1v) is 15.7. The number of hydrogen-bond donors (Lipinski definition) is 3. The van der Waals surface area contributed by atoms with Gasteiger partial charge < -0.3 is 34.9 Å². The lowest BCUT2D eigenvalue weighted by Crippen LogP contribution is -2.48. The predicted molar refractivity (Wildman–Crippen MR) is 184 cm³/mol. The molecule has 3 N–H and O–H groups in total. The molecule has 0 aliphatic carbocycles. The minimum absolute atomic E-state index is 0. The molecule has 3 rings (SSSR count). The van der Waals surface area contributed by atoms with Gasteiger partial charge in [-0.1, -0.05) is 0 Å². The molecule has 1 heterocycles. The lowest BCUT2D eigenvalue weighted by atomic mass is 10.1. The van der Waals surface area contributed by atoms with Crippen LogP contribution in [0.4, 0.5) is 0 Å². The highest BCUT2D eigenvalue weighted by atomic mass is 127. The first kappa shape index (κ1) is 35.0. The number of amides is 2. The second kappa shape index (κ2) is 17.0. The largest absolute Gasteiger partial charge is 0.506 e. The lowest BCUT2D eigenvalue weighted by Gasteiger charge is -2.27. The van der Waals surface area contributed by atoms with Crippen molar-refractivity contribution < 1.29 is 33.7 Å². The normalized spacial score (nSPS) is 13.7. The first-order chi connectivity index (χ1) is 18.1. The summed E-state index contributed by atoms with van der Waals surface area (Å²) >= 11 is 8.41. The van der Waals surface area contributed by atoms with Crippen molar-refractivity contribution >= 4 is 125 Å². The zero-order valence-corrected chi connectivity index (χ0v) is 30.9. The van der Waals surface area contributed by atoms with Crippen LogP contribution in [-0.2, 0) is 30.3 Å². The Bertz CT molecular complexity index is 1150. The van der Waals surface area contributed by atoms with Gasteiger partial charge in [0, 0.05) is 32.6 Å². The van der Waals surface area contributed by atoms with Crippen molar-refractivity contribution in [3.8, 4) is 17.2 Å². The van der Waals surface area contributed by atoms with E-state index in [1.54, 1.807) is 17.0 Å². The Labute approximate surface area is 291 Å². The summed E-state index contributed by atoms with van der Waals surface area (Å²) in [6.07, 6.45) is 0.194. The molecule has 39 heavy (non-hydrogen) atoms. The third-order valence-electron chi connectivity index (χ3n) is 5.46. The van der Waals surface area contributed by atoms with Crippen LogP contribution in [0.2, 0.25) is 0 Å². The molecule has 15 heteroatoms. The van der Waals surface area contributed by atoms with Crippen molar-refractivity contribution in [1.82, 2.24) is 15.5 Å². The Morgan fingerprint density at radius 2 is 1.59 bits per heavy atom. The van der Waals surface area contributed by atoms with Gasteiger partial charge in [0.05, 0.1) is 21.4 Å². The maximum absolute atomic E-state index is 12.5. The van der Waals surface area contributed by atoms with E-state index in [1.165, 1.54) is 7.11 Å². The number of methoxy groups -OCH3 is 1. The van der Waals surface area contributed by atoms with Gasteiger partial charge in [-0.2, -0.15) is 0 Å². The maximum atomic E-state index is 12.5. The molecule has 1 saturated heterocycles. The fourth-order valence-corrected chi connectivity index (χ4v) is 7.42. The summed E-state index contributed by atoms with van der Waals surface area (Å²) in [7, 11) is 1.26. The van der Waals surface area contributed by atoms with E-state index < -0.39 is 17.9 Å². The van der Waals surface area contributed by atoms with Gasteiger partial charge in [0.2, 0.25) is 11.8 Å². The number of piperazine rings is 1. The van der Waals surface area contributed by atoms with Crippen LogP contribution in [0.3, 0.4) is 0 Å². The SMILES string of the molecule is Br.COC(=O)[C@H](Cc1cc(I)c(Oc2cc(I)c(O)c(I)c2)c(I)c1)NC(=O)COCC(=O)N1CCNCC1. The van der Waals surface area contributed by atoms with Crippen molar-refractivity contribution in [1.29, 1.82) is 0 Å². The number of halogens is 5. The zero-order chi connectivity index (χ0) is 27.8.